The number of amides is 1. The standard InChI is InChI=1S/C18H16N2O5S/c1-25-26(23,24)15-8-12-4-7-14(9-16(12)17(21)10-15)20-13-5-2-11(3-6-13)18(19)22/h2-10,20-21H,1H3,(H2,19,22). The molecule has 0 saturated heterocycles. The highest BCUT2D eigenvalue weighted by Crippen LogP contribution is 2.32. The Morgan fingerprint density at radius 3 is 2.31 bits per heavy atom. The van der Waals surface area contributed by atoms with Crippen LogP contribution in [-0.4, -0.2) is 26.5 Å². The highest BCUT2D eigenvalue weighted by Gasteiger charge is 2.16. The van der Waals surface area contributed by atoms with E-state index in [4.69, 9.17) is 5.73 Å². The topological polar surface area (TPSA) is 119 Å². The number of hydrogen-bond acceptors (Lipinski definition) is 6. The number of benzene rings is 3. The van der Waals surface area contributed by atoms with Crippen LogP contribution in [0.15, 0.2) is 59.5 Å². The Hall–Kier alpha value is -3.10. The number of carbonyl (C=O) groups is 1. The first-order chi connectivity index (χ1) is 12.3. The molecule has 0 aliphatic carbocycles. The molecule has 0 saturated carbocycles. The first-order valence-corrected chi connectivity index (χ1v) is 8.95. The molecule has 3 rings (SSSR count). The van der Waals surface area contributed by atoms with Gasteiger partial charge in [-0.15, -0.1) is 0 Å². The molecule has 0 fully saturated rings. The van der Waals surface area contributed by atoms with Crippen molar-refractivity contribution in [3.63, 3.8) is 0 Å². The summed E-state index contributed by atoms with van der Waals surface area (Å²) in [5, 5.41) is 14.4. The average molecular weight is 372 g/mol. The number of fused-ring (bicyclic) bond motifs is 1. The molecule has 0 unspecified atom stereocenters. The first kappa shape index (κ1) is 17.7. The van der Waals surface area contributed by atoms with E-state index in [1.165, 1.54) is 6.07 Å². The normalized spacial score (nSPS) is 11.4. The maximum atomic E-state index is 11.8. The lowest BCUT2D eigenvalue weighted by Crippen LogP contribution is -2.10. The van der Waals surface area contributed by atoms with E-state index in [0.29, 0.717) is 22.0 Å². The summed E-state index contributed by atoms with van der Waals surface area (Å²) in [5.74, 6) is -0.681. The van der Waals surface area contributed by atoms with Crippen molar-refractivity contribution in [2.45, 2.75) is 4.90 Å². The molecular formula is C18H16N2O5S. The van der Waals surface area contributed by atoms with E-state index in [1.54, 1.807) is 42.5 Å². The van der Waals surface area contributed by atoms with Gasteiger partial charge in [-0.3, -0.25) is 8.98 Å². The number of rotatable bonds is 5. The predicted octanol–water partition coefficient (Wildman–Crippen LogP) is 2.72. The molecular weight excluding hydrogens is 356 g/mol. The van der Waals surface area contributed by atoms with E-state index in [2.05, 4.69) is 9.50 Å². The molecule has 0 radical (unpaired) electrons. The van der Waals surface area contributed by atoms with Gasteiger partial charge in [-0.25, -0.2) is 0 Å². The Labute approximate surface area is 150 Å². The van der Waals surface area contributed by atoms with Gasteiger partial charge < -0.3 is 16.2 Å². The highest BCUT2D eigenvalue weighted by atomic mass is 32.2. The molecule has 0 aliphatic rings. The quantitative estimate of drug-likeness (QED) is 0.593. The molecule has 26 heavy (non-hydrogen) atoms. The maximum Gasteiger partial charge on any atom is 0.296 e. The smallest absolute Gasteiger partial charge is 0.296 e. The second-order valence-corrected chi connectivity index (χ2v) is 7.28. The summed E-state index contributed by atoms with van der Waals surface area (Å²) in [6.45, 7) is 0. The van der Waals surface area contributed by atoms with Crippen molar-refractivity contribution in [3.8, 4) is 5.75 Å². The largest absolute Gasteiger partial charge is 0.507 e. The molecule has 4 N–H and O–H groups in total. The van der Waals surface area contributed by atoms with Crippen LogP contribution in [-0.2, 0) is 14.3 Å². The van der Waals surface area contributed by atoms with Gasteiger partial charge in [0.25, 0.3) is 10.1 Å². The molecule has 1 amide bonds. The zero-order chi connectivity index (χ0) is 18.9. The summed E-state index contributed by atoms with van der Waals surface area (Å²) >= 11 is 0. The van der Waals surface area contributed by atoms with Gasteiger partial charge in [-0.05, 0) is 47.9 Å². The molecule has 0 aromatic heterocycles. The summed E-state index contributed by atoms with van der Waals surface area (Å²) < 4.78 is 28.1. The van der Waals surface area contributed by atoms with E-state index in [9.17, 15) is 18.3 Å². The first-order valence-electron chi connectivity index (χ1n) is 7.54. The molecule has 0 atom stereocenters. The lowest BCUT2D eigenvalue weighted by molar-refractivity contribution is 0.100. The third kappa shape index (κ3) is 3.46. The van der Waals surface area contributed by atoms with Crippen LogP contribution < -0.4 is 11.1 Å². The number of phenols is 1. The van der Waals surface area contributed by atoms with Crippen molar-refractivity contribution < 1.29 is 22.5 Å². The molecule has 0 spiro atoms. The fourth-order valence-electron chi connectivity index (χ4n) is 2.51. The number of anilines is 2. The summed E-state index contributed by atoms with van der Waals surface area (Å²) in [6, 6.07) is 14.3. The summed E-state index contributed by atoms with van der Waals surface area (Å²) in [6.07, 6.45) is 0. The third-order valence-electron chi connectivity index (χ3n) is 3.87. The second kappa shape index (κ2) is 6.66. The minimum atomic E-state index is -3.90. The summed E-state index contributed by atoms with van der Waals surface area (Å²) in [7, 11) is -2.83. The number of aromatic hydroxyl groups is 1. The minimum Gasteiger partial charge on any atom is -0.507 e. The van der Waals surface area contributed by atoms with Gasteiger partial charge in [0.15, 0.2) is 0 Å². The van der Waals surface area contributed by atoms with Gasteiger partial charge in [-0.1, -0.05) is 6.07 Å². The number of nitrogens with one attached hydrogen (secondary N) is 1. The van der Waals surface area contributed by atoms with Crippen LogP contribution in [0, 0.1) is 0 Å². The molecule has 0 bridgehead atoms. The van der Waals surface area contributed by atoms with Crippen molar-refractivity contribution in [1.29, 1.82) is 0 Å². The van der Waals surface area contributed by atoms with Gasteiger partial charge in [0.1, 0.15) is 5.75 Å². The van der Waals surface area contributed by atoms with E-state index >= 15 is 0 Å². The van der Waals surface area contributed by atoms with E-state index < -0.39 is 16.0 Å². The zero-order valence-electron chi connectivity index (χ0n) is 13.8. The van der Waals surface area contributed by atoms with Crippen LogP contribution in [0.2, 0.25) is 0 Å². The second-order valence-electron chi connectivity index (χ2n) is 5.57. The average Bonchev–Trinajstić information content (AvgIpc) is 2.62. The molecule has 8 heteroatoms. The van der Waals surface area contributed by atoms with Gasteiger partial charge in [-0.2, -0.15) is 8.42 Å². The third-order valence-corrected chi connectivity index (χ3v) is 5.12. The Morgan fingerprint density at radius 2 is 1.69 bits per heavy atom. The van der Waals surface area contributed by atoms with Crippen LogP contribution in [0.1, 0.15) is 10.4 Å². The predicted molar refractivity (Wildman–Crippen MR) is 98.1 cm³/mol. The molecule has 7 nitrogen and oxygen atoms in total. The highest BCUT2D eigenvalue weighted by molar-refractivity contribution is 7.86. The summed E-state index contributed by atoms with van der Waals surface area (Å²) in [4.78, 5) is 11.0. The fraction of sp³-hybridized carbons (Fsp3) is 0.0556. The number of hydrogen-bond donors (Lipinski definition) is 3. The Balaban J connectivity index is 1.95. The Morgan fingerprint density at radius 1 is 1.04 bits per heavy atom. The van der Waals surface area contributed by atoms with Crippen molar-refractivity contribution in [1.82, 2.24) is 0 Å². The Bertz CT molecular complexity index is 1090. The lowest BCUT2D eigenvalue weighted by atomic mass is 10.1. The summed E-state index contributed by atoms with van der Waals surface area (Å²) in [5.41, 5.74) is 7.02. The monoisotopic (exact) mass is 372 g/mol. The van der Waals surface area contributed by atoms with Crippen LogP contribution in [0.3, 0.4) is 0 Å². The van der Waals surface area contributed by atoms with Crippen molar-refractivity contribution in [3.05, 3.63) is 60.2 Å². The van der Waals surface area contributed by atoms with Crippen LogP contribution in [0.5, 0.6) is 5.75 Å². The SMILES string of the molecule is COS(=O)(=O)c1cc(O)c2cc(Nc3ccc(C(N)=O)cc3)ccc2c1. The fourth-order valence-corrected chi connectivity index (χ4v) is 3.23. The van der Waals surface area contributed by atoms with Crippen molar-refractivity contribution >= 4 is 38.2 Å². The molecule has 134 valence electrons. The number of nitrogens with two attached hydrogens (primary N) is 1. The van der Waals surface area contributed by atoms with E-state index in [0.717, 1.165) is 18.9 Å². The number of carbonyl (C=O) groups excluding carboxylic acids is 1. The van der Waals surface area contributed by atoms with Gasteiger partial charge in [0, 0.05) is 28.4 Å². The molecule has 3 aromatic rings. The van der Waals surface area contributed by atoms with Gasteiger partial charge in [0.05, 0.1) is 12.0 Å². The molecule has 0 heterocycles. The molecule has 0 aliphatic heterocycles. The maximum absolute atomic E-state index is 11.8. The van der Waals surface area contributed by atoms with Crippen LogP contribution in [0.25, 0.3) is 10.8 Å². The van der Waals surface area contributed by atoms with Crippen molar-refractivity contribution in [2.75, 3.05) is 12.4 Å². The zero-order valence-corrected chi connectivity index (χ0v) is 14.6. The van der Waals surface area contributed by atoms with Gasteiger partial charge >= 0.3 is 0 Å². The van der Waals surface area contributed by atoms with E-state index in [-0.39, 0.29) is 10.6 Å². The molecule has 3 aromatic carbocycles. The van der Waals surface area contributed by atoms with E-state index in [1.807, 2.05) is 0 Å². The lowest BCUT2D eigenvalue weighted by Gasteiger charge is -2.10. The number of phenolic OH excluding ortho intramolecular Hbond substituents is 1. The Kier molecular flexibility index (Phi) is 4.54. The van der Waals surface area contributed by atoms with Crippen LogP contribution in [0.4, 0.5) is 11.4 Å². The van der Waals surface area contributed by atoms with Gasteiger partial charge in [0.2, 0.25) is 5.91 Å². The number of primary amides is 1. The van der Waals surface area contributed by atoms with Crippen LogP contribution >= 0.6 is 0 Å². The minimum absolute atomic E-state index is 0.118. The van der Waals surface area contributed by atoms with Crippen molar-refractivity contribution in [2.24, 2.45) is 5.73 Å².